The van der Waals surface area contributed by atoms with Crippen LogP contribution >= 0.6 is 69.6 Å². The Morgan fingerprint density at radius 2 is 2.11 bits per heavy atom. The topological polar surface area (TPSA) is 210 Å². The van der Waals surface area contributed by atoms with Crippen molar-refractivity contribution in [3.05, 3.63) is 25.6 Å². The lowest BCUT2D eigenvalue weighted by atomic mass is 10.0. The first-order valence-electron chi connectivity index (χ1n) is 9.89. The maximum absolute atomic E-state index is 12.9. The van der Waals surface area contributed by atoms with Crippen molar-refractivity contribution in [1.29, 1.82) is 0 Å². The van der Waals surface area contributed by atoms with Gasteiger partial charge in [-0.15, -0.1) is 22.0 Å². The number of hydrogen-bond donors (Lipinski definition) is 5. The number of aromatic nitrogens is 3. The quantitative estimate of drug-likeness (QED) is 0.0841. The number of anilines is 1. The Labute approximate surface area is 229 Å². The zero-order valence-electron chi connectivity index (χ0n) is 17.9. The van der Waals surface area contributed by atoms with E-state index in [2.05, 4.69) is 25.7 Å². The summed E-state index contributed by atoms with van der Waals surface area (Å²) in [6.45, 7) is 0.561. The number of rotatable bonds is 10. The van der Waals surface area contributed by atoms with Crippen LogP contribution in [0.5, 0.6) is 0 Å². The van der Waals surface area contributed by atoms with Gasteiger partial charge < -0.3 is 27.1 Å². The summed E-state index contributed by atoms with van der Waals surface area (Å²) in [5.41, 5.74) is 10.3. The second-order valence-corrected chi connectivity index (χ2v) is 13.2. The molecular formula is C17H17ClN8O5S5. The molecule has 0 aromatic carbocycles. The summed E-state index contributed by atoms with van der Waals surface area (Å²) in [6.07, 6.45) is 0. The Morgan fingerprint density at radius 1 is 1.33 bits per heavy atom. The number of thioether (sulfide) groups is 3. The van der Waals surface area contributed by atoms with Crippen LogP contribution in [0.25, 0.3) is 0 Å². The van der Waals surface area contributed by atoms with Crippen molar-refractivity contribution in [3.8, 4) is 0 Å². The third-order valence-corrected chi connectivity index (χ3v) is 10.5. The summed E-state index contributed by atoms with van der Waals surface area (Å²) in [6, 6.07) is -1.04. The summed E-state index contributed by atoms with van der Waals surface area (Å²) in [5, 5.41) is 33.0. The molecule has 0 radical (unpaired) electrons. The number of carboxylic acids is 1. The normalized spacial score (nSPS) is 19.8. The fourth-order valence-electron chi connectivity index (χ4n) is 3.23. The molecule has 2 amide bonds. The molecule has 1 fully saturated rings. The van der Waals surface area contributed by atoms with Crippen LogP contribution in [0.4, 0.5) is 5.13 Å². The SMILES string of the molecule is NCCSCc1nnc(SC2=C(C(=O)O)N3C(=O)[C@@H](NC(=O)/C(=N\O)c4nc(N)sc4Cl)[C@@H]3SC2)s1. The number of nitrogen functional groups attached to an aromatic ring is 1. The van der Waals surface area contributed by atoms with Crippen molar-refractivity contribution in [2.45, 2.75) is 21.5 Å². The van der Waals surface area contributed by atoms with Crippen LogP contribution in [0.3, 0.4) is 0 Å². The van der Waals surface area contributed by atoms with Gasteiger partial charge in [0.25, 0.3) is 11.8 Å². The van der Waals surface area contributed by atoms with Gasteiger partial charge in [0.05, 0.1) is 0 Å². The maximum atomic E-state index is 12.9. The van der Waals surface area contributed by atoms with E-state index in [0.717, 1.165) is 38.8 Å². The molecule has 2 atom stereocenters. The molecule has 13 nitrogen and oxygen atoms in total. The first kappa shape index (κ1) is 27.0. The van der Waals surface area contributed by atoms with Crippen LogP contribution in [0, 0.1) is 0 Å². The predicted molar refractivity (Wildman–Crippen MR) is 141 cm³/mol. The van der Waals surface area contributed by atoms with E-state index in [9.17, 15) is 24.7 Å². The molecule has 19 heteroatoms. The number of β-lactam (4-membered cyclic amide) rings is 1. The maximum Gasteiger partial charge on any atom is 0.353 e. The number of carboxylic acid groups (broad SMARTS) is 1. The zero-order chi connectivity index (χ0) is 26.0. The van der Waals surface area contributed by atoms with Crippen molar-refractivity contribution in [3.63, 3.8) is 0 Å². The summed E-state index contributed by atoms with van der Waals surface area (Å²) in [7, 11) is 0. The van der Waals surface area contributed by atoms with E-state index in [4.69, 9.17) is 23.1 Å². The molecule has 7 N–H and O–H groups in total. The molecule has 4 heterocycles. The molecule has 2 aliphatic heterocycles. The van der Waals surface area contributed by atoms with Gasteiger partial charge in [-0.3, -0.25) is 14.5 Å². The number of nitrogens with two attached hydrogens (primary N) is 2. The van der Waals surface area contributed by atoms with Crippen molar-refractivity contribution < 1.29 is 24.7 Å². The number of carbonyl (C=O) groups excluding carboxylic acids is 2. The number of nitrogens with one attached hydrogen (secondary N) is 1. The third-order valence-electron chi connectivity index (χ3n) is 4.71. The molecule has 36 heavy (non-hydrogen) atoms. The van der Waals surface area contributed by atoms with Gasteiger partial charge in [-0.25, -0.2) is 9.78 Å². The van der Waals surface area contributed by atoms with Crippen molar-refractivity contribution >= 4 is 98.2 Å². The minimum Gasteiger partial charge on any atom is -0.477 e. The molecule has 2 aromatic heterocycles. The average molecular weight is 609 g/mol. The number of amides is 2. The molecule has 0 aliphatic carbocycles. The lowest BCUT2D eigenvalue weighted by Gasteiger charge is -2.49. The molecule has 0 saturated carbocycles. The fraction of sp³-hybridized carbons (Fsp3) is 0.353. The lowest BCUT2D eigenvalue weighted by molar-refractivity contribution is -0.150. The smallest absolute Gasteiger partial charge is 0.353 e. The van der Waals surface area contributed by atoms with E-state index in [-0.39, 0.29) is 26.6 Å². The third kappa shape index (κ3) is 5.43. The molecular weight excluding hydrogens is 592 g/mol. The fourth-order valence-corrected chi connectivity index (χ4v) is 8.52. The monoisotopic (exact) mass is 608 g/mol. The number of oxime groups is 1. The van der Waals surface area contributed by atoms with Crippen LogP contribution in [-0.2, 0) is 20.1 Å². The molecule has 2 aromatic rings. The molecule has 1 saturated heterocycles. The van der Waals surface area contributed by atoms with Gasteiger partial charge in [-0.1, -0.05) is 51.2 Å². The highest BCUT2D eigenvalue weighted by atomic mass is 35.5. The predicted octanol–water partition coefficient (Wildman–Crippen LogP) is 1.09. The van der Waals surface area contributed by atoms with Crippen LogP contribution in [-0.4, -0.2) is 83.4 Å². The van der Waals surface area contributed by atoms with E-state index in [1.54, 1.807) is 11.8 Å². The Hall–Kier alpha value is -2.09. The van der Waals surface area contributed by atoms with Crippen molar-refractivity contribution in [2.24, 2.45) is 10.9 Å². The molecule has 2 aliphatic rings. The van der Waals surface area contributed by atoms with Gasteiger partial charge in [0.2, 0.25) is 0 Å². The highest BCUT2D eigenvalue weighted by molar-refractivity contribution is 8.07. The van der Waals surface area contributed by atoms with E-state index in [1.807, 2.05) is 0 Å². The van der Waals surface area contributed by atoms with Gasteiger partial charge in [0.15, 0.2) is 15.2 Å². The lowest BCUT2D eigenvalue weighted by Crippen LogP contribution is -2.71. The number of nitrogens with zero attached hydrogens (tertiary/aromatic N) is 5. The van der Waals surface area contributed by atoms with Gasteiger partial charge in [0, 0.05) is 28.7 Å². The number of halogens is 1. The van der Waals surface area contributed by atoms with Crippen LogP contribution in [0.15, 0.2) is 20.1 Å². The van der Waals surface area contributed by atoms with Crippen molar-refractivity contribution in [2.75, 3.05) is 23.8 Å². The summed E-state index contributed by atoms with van der Waals surface area (Å²) in [5.74, 6) is -1.07. The Kier molecular flexibility index (Phi) is 8.63. The van der Waals surface area contributed by atoms with Crippen molar-refractivity contribution in [1.82, 2.24) is 25.4 Å². The number of fused-ring (bicyclic) bond motifs is 1. The summed E-state index contributed by atoms with van der Waals surface area (Å²) in [4.78, 5) is 43.1. The summed E-state index contributed by atoms with van der Waals surface area (Å²) < 4.78 is 0.604. The van der Waals surface area contributed by atoms with Gasteiger partial charge >= 0.3 is 5.97 Å². The van der Waals surface area contributed by atoms with Crippen LogP contribution < -0.4 is 16.8 Å². The van der Waals surface area contributed by atoms with E-state index >= 15 is 0 Å². The van der Waals surface area contributed by atoms with Gasteiger partial charge in [0.1, 0.15) is 32.2 Å². The van der Waals surface area contributed by atoms with Crippen LogP contribution in [0.1, 0.15) is 10.7 Å². The number of hydrogen-bond acceptors (Lipinski definition) is 15. The molecule has 0 bridgehead atoms. The minimum absolute atomic E-state index is 0.0413. The number of thiazole rings is 1. The first-order chi connectivity index (χ1) is 17.2. The Bertz CT molecular complexity index is 1270. The molecule has 0 spiro atoms. The Balaban J connectivity index is 1.47. The first-order valence-corrected chi connectivity index (χ1v) is 14.9. The number of carbonyl (C=O) groups is 3. The average Bonchev–Trinajstić information content (AvgIpc) is 3.42. The summed E-state index contributed by atoms with van der Waals surface area (Å²) >= 11 is 12.3. The Morgan fingerprint density at radius 3 is 2.75 bits per heavy atom. The highest BCUT2D eigenvalue weighted by Crippen LogP contribution is 2.45. The minimum atomic E-state index is -1.27. The second kappa shape index (κ2) is 11.5. The largest absolute Gasteiger partial charge is 0.477 e. The number of aliphatic carboxylic acids is 1. The molecule has 4 rings (SSSR count). The van der Waals surface area contributed by atoms with E-state index in [1.165, 1.54) is 23.1 Å². The zero-order valence-corrected chi connectivity index (χ0v) is 22.8. The molecule has 0 unspecified atom stereocenters. The van der Waals surface area contributed by atoms with Crippen LogP contribution in [0.2, 0.25) is 4.34 Å². The van der Waals surface area contributed by atoms with E-state index in [0.29, 0.717) is 21.5 Å². The van der Waals surface area contributed by atoms with Gasteiger partial charge in [-0.05, 0) is 0 Å². The molecule has 192 valence electrons. The highest BCUT2D eigenvalue weighted by Gasteiger charge is 2.54. The second-order valence-electron chi connectivity index (χ2n) is 6.97. The van der Waals surface area contributed by atoms with E-state index < -0.39 is 34.9 Å². The van der Waals surface area contributed by atoms with Gasteiger partial charge in [-0.2, -0.15) is 11.8 Å². The standard InChI is InChI=1S/C17H17ClN8O5S5/c18-11-7(22-16(20)36-11)8(25-31)12(27)21-9-13(28)26-10(15(29)30)5(3-33-14(9)26)34-17-24-23-6(35-17)4-32-2-1-19/h9,14,31H,1-4,19H2,(H2,20,22)(H,21,27)(H,29,30)/b25-8-/t9-,14+/m1/s1.